The molecule has 6 heteroatoms. The normalized spacial score (nSPS) is 12.7. The van der Waals surface area contributed by atoms with E-state index in [4.69, 9.17) is 0 Å². The Kier molecular flexibility index (Phi) is 6.65. The van der Waals surface area contributed by atoms with E-state index >= 15 is 0 Å². The summed E-state index contributed by atoms with van der Waals surface area (Å²) in [6, 6.07) is 23.5. The van der Waals surface area contributed by atoms with Crippen LogP contribution in [0.5, 0.6) is 0 Å². The summed E-state index contributed by atoms with van der Waals surface area (Å²) < 4.78 is 40.5. The van der Waals surface area contributed by atoms with Gasteiger partial charge in [0.05, 0.1) is 6.04 Å². The number of hydrogen-bond donors (Lipinski definition) is 1. The Hall–Kier alpha value is -3.38. The van der Waals surface area contributed by atoms with Gasteiger partial charge in [-0.05, 0) is 30.5 Å². The monoisotopic (exact) mass is 450 g/mol. The van der Waals surface area contributed by atoms with Gasteiger partial charge in [0.2, 0.25) is 0 Å². The zero-order valence-electron chi connectivity index (χ0n) is 18.3. The van der Waals surface area contributed by atoms with Crippen LogP contribution in [0.2, 0.25) is 0 Å². The maximum absolute atomic E-state index is 13.7. The van der Waals surface area contributed by atoms with Crippen LogP contribution < -0.4 is 5.32 Å². The van der Waals surface area contributed by atoms with E-state index in [-0.39, 0.29) is 11.3 Å². The number of ketones is 1. The zero-order chi connectivity index (χ0) is 23.4. The minimum absolute atomic E-state index is 0.248. The second kappa shape index (κ2) is 9.63. The number of fused-ring (bicyclic) bond motifs is 1. The Morgan fingerprint density at radius 1 is 0.939 bits per heavy atom. The van der Waals surface area contributed by atoms with Crippen molar-refractivity contribution in [2.75, 3.05) is 6.54 Å². The number of hydrogen-bond acceptors (Lipinski definition) is 2. The van der Waals surface area contributed by atoms with Crippen LogP contribution in [0.3, 0.4) is 0 Å². The molecule has 0 fully saturated rings. The third kappa shape index (κ3) is 5.52. The molecule has 4 rings (SSSR count). The second-order valence-corrected chi connectivity index (χ2v) is 8.20. The summed E-state index contributed by atoms with van der Waals surface area (Å²) in [4.78, 5) is 13.7. The first-order valence-corrected chi connectivity index (χ1v) is 10.8. The molecule has 0 spiro atoms. The lowest BCUT2D eigenvalue weighted by Gasteiger charge is -2.18. The van der Waals surface area contributed by atoms with Crippen molar-refractivity contribution in [2.24, 2.45) is 0 Å². The van der Waals surface area contributed by atoms with Crippen molar-refractivity contribution in [3.8, 4) is 0 Å². The molecule has 0 unspecified atom stereocenters. The van der Waals surface area contributed by atoms with Gasteiger partial charge in [-0.25, -0.2) is 0 Å². The number of Topliss-reactive ketones (excluding diaryl/α,β-unsaturated/α-hetero) is 1. The Morgan fingerprint density at radius 2 is 1.61 bits per heavy atom. The van der Waals surface area contributed by atoms with Gasteiger partial charge in [0.1, 0.15) is 6.54 Å². The highest BCUT2D eigenvalue weighted by atomic mass is 19.4. The van der Waals surface area contributed by atoms with E-state index in [9.17, 15) is 18.0 Å². The first-order valence-electron chi connectivity index (χ1n) is 10.8. The van der Waals surface area contributed by atoms with Gasteiger partial charge >= 0.3 is 6.18 Å². The number of carbonyl (C=O) groups excluding carboxylic acids is 1. The molecule has 170 valence electrons. The zero-order valence-corrected chi connectivity index (χ0v) is 18.3. The van der Waals surface area contributed by atoms with Crippen molar-refractivity contribution in [3.63, 3.8) is 0 Å². The predicted octanol–water partition coefficient (Wildman–Crippen LogP) is 6.27. The fourth-order valence-corrected chi connectivity index (χ4v) is 4.05. The molecule has 0 aliphatic carbocycles. The number of halogens is 3. The number of carbonyl (C=O) groups is 1. The Bertz CT molecular complexity index is 1230. The van der Waals surface area contributed by atoms with Crippen LogP contribution in [0.15, 0.2) is 85.1 Å². The number of aromatic nitrogens is 1. The molecule has 1 atom stereocenters. The highest BCUT2D eigenvalue weighted by Gasteiger charge is 2.31. The molecule has 33 heavy (non-hydrogen) atoms. The van der Waals surface area contributed by atoms with E-state index in [0.717, 1.165) is 22.1 Å². The minimum atomic E-state index is -4.38. The van der Waals surface area contributed by atoms with E-state index in [2.05, 4.69) is 17.4 Å². The van der Waals surface area contributed by atoms with Gasteiger partial charge in [-0.2, -0.15) is 13.2 Å². The lowest BCUT2D eigenvalue weighted by atomic mass is 9.96. The summed E-state index contributed by atoms with van der Waals surface area (Å²) >= 11 is 0. The van der Waals surface area contributed by atoms with Crippen molar-refractivity contribution < 1.29 is 18.0 Å². The van der Waals surface area contributed by atoms with E-state index in [1.54, 1.807) is 24.3 Å². The highest BCUT2D eigenvalue weighted by Crippen LogP contribution is 2.29. The Balaban J connectivity index is 1.64. The first kappa shape index (κ1) is 22.8. The van der Waals surface area contributed by atoms with Crippen molar-refractivity contribution in [3.05, 3.63) is 107 Å². The number of benzene rings is 3. The number of para-hydroxylation sites is 1. The van der Waals surface area contributed by atoms with Crippen molar-refractivity contribution in [2.45, 2.75) is 32.1 Å². The fourth-order valence-electron chi connectivity index (χ4n) is 4.05. The third-order valence-electron chi connectivity index (χ3n) is 5.68. The lowest BCUT2D eigenvalue weighted by Crippen LogP contribution is -2.30. The van der Waals surface area contributed by atoms with Crippen LogP contribution in [-0.4, -0.2) is 23.1 Å². The molecule has 1 N–H and O–H groups in total. The summed E-state index contributed by atoms with van der Waals surface area (Å²) in [5, 5.41) is 3.86. The molecule has 0 aliphatic heterocycles. The maximum Gasteiger partial charge on any atom is 0.406 e. The standard InChI is InChI=1S/C27H25F3N2O/c1-19-11-13-20(14-12-19)15-16-31-25(21-7-3-2-4-8-21)26(33)23-17-32(18-27(28,29)30)24-10-6-5-9-22(23)24/h2-14,17,25,31H,15-16,18H2,1H3/t25-/m1/s1. The van der Waals surface area contributed by atoms with Gasteiger partial charge in [-0.1, -0.05) is 78.4 Å². The van der Waals surface area contributed by atoms with Crippen molar-refractivity contribution in [1.82, 2.24) is 9.88 Å². The van der Waals surface area contributed by atoms with E-state index in [1.165, 1.54) is 11.8 Å². The molecular formula is C27H25F3N2O. The van der Waals surface area contributed by atoms with Gasteiger partial charge < -0.3 is 9.88 Å². The van der Waals surface area contributed by atoms with Gasteiger partial charge in [-0.3, -0.25) is 4.79 Å². The molecule has 0 saturated heterocycles. The fraction of sp³-hybridized carbons (Fsp3) is 0.222. The van der Waals surface area contributed by atoms with Crippen molar-refractivity contribution >= 4 is 16.7 Å². The van der Waals surface area contributed by atoms with Gasteiger partial charge in [-0.15, -0.1) is 0 Å². The molecule has 0 bridgehead atoms. The van der Waals surface area contributed by atoms with Crippen LogP contribution in [0, 0.1) is 6.92 Å². The topological polar surface area (TPSA) is 34.0 Å². The number of alkyl halides is 3. The summed E-state index contributed by atoms with van der Waals surface area (Å²) in [5.41, 5.74) is 3.78. The smallest absolute Gasteiger partial charge is 0.338 e. The SMILES string of the molecule is Cc1ccc(CCN[C@@H](C(=O)c2cn(CC(F)(F)F)c3ccccc23)c2ccccc2)cc1. The molecule has 1 aromatic heterocycles. The Morgan fingerprint density at radius 3 is 2.30 bits per heavy atom. The third-order valence-corrected chi connectivity index (χ3v) is 5.68. The minimum Gasteiger partial charge on any atom is -0.338 e. The van der Waals surface area contributed by atoms with E-state index < -0.39 is 18.8 Å². The van der Waals surface area contributed by atoms with Crippen LogP contribution >= 0.6 is 0 Å². The van der Waals surface area contributed by atoms with Crippen LogP contribution in [-0.2, 0) is 13.0 Å². The second-order valence-electron chi connectivity index (χ2n) is 8.20. The van der Waals surface area contributed by atoms with E-state index in [1.807, 2.05) is 49.4 Å². The molecule has 0 saturated carbocycles. The summed E-state index contributed by atoms with van der Waals surface area (Å²) in [6.07, 6.45) is -2.32. The Labute approximate surface area is 190 Å². The molecule has 3 nitrogen and oxygen atoms in total. The summed E-state index contributed by atoms with van der Waals surface area (Å²) in [5.74, 6) is -0.248. The first-order chi connectivity index (χ1) is 15.8. The quantitative estimate of drug-likeness (QED) is 0.321. The number of aryl methyl sites for hydroxylation is 1. The largest absolute Gasteiger partial charge is 0.406 e. The van der Waals surface area contributed by atoms with Gasteiger partial charge in [0, 0.05) is 29.2 Å². The molecule has 3 aromatic carbocycles. The van der Waals surface area contributed by atoms with Crippen LogP contribution in [0.4, 0.5) is 13.2 Å². The molecule has 0 radical (unpaired) electrons. The summed E-state index contributed by atoms with van der Waals surface area (Å²) in [7, 11) is 0. The van der Waals surface area contributed by atoms with Gasteiger partial charge in [0.25, 0.3) is 0 Å². The van der Waals surface area contributed by atoms with E-state index in [0.29, 0.717) is 17.4 Å². The van der Waals surface area contributed by atoms with Crippen LogP contribution in [0.1, 0.15) is 33.1 Å². The molecule has 1 heterocycles. The molecule has 0 amide bonds. The molecule has 4 aromatic rings. The predicted molar refractivity (Wildman–Crippen MR) is 124 cm³/mol. The van der Waals surface area contributed by atoms with Crippen LogP contribution in [0.25, 0.3) is 10.9 Å². The maximum atomic E-state index is 13.7. The average molecular weight is 451 g/mol. The molecular weight excluding hydrogens is 425 g/mol. The number of nitrogens with one attached hydrogen (secondary N) is 1. The summed E-state index contributed by atoms with van der Waals surface area (Å²) in [6.45, 7) is 1.44. The molecule has 0 aliphatic rings. The lowest BCUT2D eigenvalue weighted by molar-refractivity contribution is -0.139. The highest BCUT2D eigenvalue weighted by molar-refractivity contribution is 6.10. The number of rotatable bonds is 8. The number of nitrogens with zero attached hydrogens (tertiary/aromatic N) is 1. The van der Waals surface area contributed by atoms with Crippen molar-refractivity contribution in [1.29, 1.82) is 0 Å². The van der Waals surface area contributed by atoms with Gasteiger partial charge in [0.15, 0.2) is 5.78 Å². The average Bonchev–Trinajstić information content (AvgIpc) is 3.15.